The molecule has 1 aliphatic heterocycles. The third-order valence-corrected chi connectivity index (χ3v) is 7.00. The maximum absolute atomic E-state index is 12.9. The number of fused-ring (bicyclic) bond motifs is 1. The predicted octanol–water partition coefficient (Wildman–Crippen LogP) is 3.50. The van der Waals surface area contributed by atoms with Crippen molar-refractivity contribution in [2.45, 2.75) is 25.8 Å². The van der Waals surface area contributed by atoms with Crippen LogP contribution in [0, 0.1) is 0 Å². The highest BCUT2D eigenvalue weighted by Crippen LogP contribution is 2.32. The van der Waals surface area contributed by atoms with Gasteiger partial charge in [-0.25, -0.2) is 0 Å². The van der Waals surface area contributed by atoms with Crippen LogP contribution >= 0.6 is 11.3 Å². The molecule has 0 saturated carbocycles. The van der Waals surface area contributed by atoms with E-state index in [0.29, 0.717) is 0 Å². The Morgan fingerprint density at radius 2 is 1.97 bits per heavy atom. The van der Waals surface area contributed by atoms with Gasteiger partial charge < -0.3 is 20.1 Å². The normalized spacial score (nSPS) is 17.5. The number of aromatic amines is 1. The Kier molecular flexibility index (Phi) is 6.33. The van der Waals surface area contributed by atoms with E-state index in [9.17, 15) is 4.79 Å². The number of aromatic nitrogens is 1. The molecule has 0 aliphatic carbocycles. The summed E-state index contributed by atoms with van der Waals surface area (Å²) in [6, 6.07) is 12.5. The Morgan fingerprint density at radius 3 is 2.69 bits per heavy atom. The van der Waals surface area contributed by atoms with E-state index in [1.165, 1.54) is 15.8 Å². The van der Waals surface area contributed by atoms with Crippen LogP contribution < -0.4 is 5.32 Å². The minimum absolute atomic E-state index is 0.184. The molecule has 1 aromatic carbocycles. The second-order valence-electron chi connectivity index (χ2n) is 7.75. The first-order valence-electron chi connectivity index (χ1n) is 10.5. The number of rotatable bonds is 7. The minimum Gasteiger partial charge on any atom is -0.361 e. The molecule has 3 aromatic rings. The van der Waals surface area contributed by atoms with Gasteiger partial charge in [0.2, 0.25) is 5.91 Å². The maximum Gasteiger partial charge on any atom is 0.239 e. The minimum atomic E-state index is -0.184. The van der Waals surface area contributed by atoms with Gasteiger partial charge in [-0.05, 0) is 36.5 Å². The van der Waals surface area contributed by atoms with Gasteiger partial charge >= 0.3 is 0 Å². The molecule has 2 atom stereocenters. The highest BCUT2D eigenvalue weighted by Gasteiger charge is 2.26. The molecular weight excluding hydrogens is 380 g/mol. The van der Waals surface area contributed by atoms with Crippen molar-refractivity contribution in [3.63, 3.8) is 0 Å². The van der Waals surface area contributed by atoms with E-state index >= 15 is 0 Å². The number of benzene rings is 1. The molecule has 154 valence electrons. The molecule has 29 heavy (non-hydrogen) atoms. The third kappa shape index (κ3) is 4.39. The Morgan fingerprint density at radius 1 is 1.17 bits per heavy atom. The topological polar surface area (TPSA) is 51.4 Å². The lowest BCUT2D eigenvalue weighted by molar-refractivity contribution is -0.134. The molecule has 0 spiro atoms. The highest BCUT2D eigenvalue weighted by molar-refractivity contribution is 7.10. The lowest BCUT2D eigenvalue weighted by Crippen LogP contribution is -2.53. The zero-order valence-electron chi connectivity index (χ0n) is 17.2. The molecule has 0 radical (unpaired) electrons. The van der Waals surface area contributed by atoms with Crippen molar-refractivity contribution in [2.24, 2.45) is 0 Å². The Balaban J connectivity index is 1.46. The summed E-state index contributed by atoms with van der Waals surface area (Å²) in [7, 11) is 0. The number of H-pyrrole nitrogens is 1. The van der Waals surface area contributed by atoms with Crippen LogP contribution in [0.1, 0.15) is 30.2 Å². The number of hydrogen-bond donors (Lipinski definition) is 2. The van der Waals surface area contributed by atoms with E-state index < -0.39 is 0 Å². The number of piperazine rings is 1. The van der Waals surface area contributed by atoms with Crippen molar-refractivity contribution in [1.29, 1.82) is 0 Å². The monoisotopic (exact) mass is 410 g/mol. The first kappa shape index (κ1) is 20.1. The second-order valence-corrected chi connectivity index (χ2v) is 8.73. The summed E-state index contributed by atoms with van der Waals surface area (Å²) in [6.07, 6.45) is 2.12. The van der Waals surface area contributed by atoms with E-state index in [1.54, 1.807) is 11.3 Å². The zero-order chi connectivity index (χ0) is 20.2. The lowest BCUT2D eigenvalue weighted by atomic mass is 9.96. The summed E-state index contributed by atoms with van der Waals surface area (Å²) in [6.45, 7) is 9.58. The summed E-state index contributed by atoms with van der Waals surface area (Å²) in [5.74, 6) is 0.433. The number of carbonyl (C=O) groups excluding carboxylic acids is 1. The third-order valence-electron chi connectivity index (χ3n) is 6.01. The number of carbonyl (C=O) groups is 1. The largest absolute Gasteiger partial charge is 0.361 e. The van der Waals surface area contributed by atoms with Crippen molar-refractivity contribution in [3.8, 4) is 0 Å². The van der Waals surface area contributed by atoms with E-state index in [0.717, 1.165) is 44.8 Å². The predicted molar refractivity (Wildman–Crippen MR) is 121 cm³/mol. The van der Waals surface area contributed by atoms with Gasteiger partial charge in [-0.2, -0.15) is 0 Å². The van der Waals surface area contributed by atoms with Crippen LogP contribution in [0.5, 0.6) is 0 Å². The molecule has 0 bridgehead atoms. The van der Waals surface area contributed by atoms with Gasteiger partial charge in [0.1, 0.15) is 0 Å². The molecule has 2 aromatic heterocycles. The van der Waals surface area contributed by atoms with Crippen molar-refractivity contribution in [1.82, 2.24) is 20.1 Å². The average molecular weight is 411 g/mol. The number of hydrogen-bond acceptors (Lipinski definition) is 4. The summed E-state index contributed by atoms with van der Waals surface area (Å²) in [5, 5.41) is 6.91. The SMILES string of the molecule is CCN1CCN(C(=O)[C@@H](C)NC[C@H](c2cccs2)c2c[nH]c3ccccc23)CC1. The standard InChI is InChI=1S/C23H30N4OS/c1-3-26-10-12-27(13-11-26)23(28)17(2)24-16-20(22-9-6-14-29-22)19-15-25-21-8-5-4-7-18(19)21/h4-9,14-15,17,20,24-25H,3,10-13,16H2,1-2H3/t17-,20+/m1/s1. The molecule has 3 heterocycles. The molecule has 0 unspecified atom stereocenters. The fraction of sp³-hybridized carbons (Fsp3) is 0.435. The lowest BCUT2D eigenvalue weighted by Gasteiger charge is -2.35. The average Bonchev–Trinajstić information content (AvgIpc) is 3.44. The van der Waals surface area contributed by atoms with Crippen molar-refractivity contribution in [2.75, 3.05) is 39.3 Å². The van der Waals surface area contributed by atoms with Crippen molar-refractivity contribution < 1.29 is 4.79 Å². The molecule has 1 fully saturated rings. The van der Waals surface area contributed by atoms with Crippen LogP contribution in [0.25, 0.3) is 10.9 Å². The van der Waals surface area contributed by atoms with E-state index in [2.05, 4.69) is 70.1 Å². The van der Waals surface area contributed by atoms with E-state index in [-0.39, 0.29) is 17.9 Å². The molecule has 1 amide bonds. The van der Waals surface area contributed by atoms with Gasteiger partial charge in [-0.1, -0.05) is 31.2 Å². The van der Waals surface area contributed by atoms with Gasteiger partial charge in [0.15, 0.2) is 0 Å². The maximum atomic E-state index is 12.9. The first-order chi connectivity index (χ1) is 14.2. The summed E-state index contributed by atoms with van der Waals surface area (Å²) >= 11 is 1.77. The molecule has 1 saturated heterocycles. The smallest absolute Gasteiger partial charge is 0.239 e. The molecular formula is C23H30N4OS. The summed E-state index contributed by atoms with van der Waals surface area (Å²) in [5.41, 5.74) is 2.44. The highest BCUT2D eigenvalue weighted by atomic mass is 32.1. The van der Waals surface area contributed by atoms with E-state index in [1.807, 2.05) is 11.8 Å². The molecule has 6 heteroatoms. The second kappa shape index (κ2) is 9.11. The number of nitrogens with one attached hydrogen (secondary N) is 2. The number of thiophene rings is 1. The van der Waals surface area contributed by atoms with Crippen molar-refractivity contribution in [3.05, 3.63) is 58.4 Å². The number of para-hydroxylation sites is 1. The van der Waals surface area contributed by atoms with Crippen LogP contribution in [0.4, 0.5) is 0 Å². The zero-order valence-corrected chi connectivity index (χ0v) is 18.0. The Bertz CT molecular complexity index is 927. The Labute approximate surface area is 176 Å². The molecule has 4 rings (SSSR count). The van der Waals surface area contributed by atoms with Gasteiger partial charge in [-0.15, -0.1) is 11.3 Å². The summed E-state index contributed by atoms with van der Waals surface area (Å²) < 4.78 is 0. The summed E-state index contributed by atoms with van der Waals surface area (Å²) in [4.78, 5) is 22.1. The van der Waals surface area contributed by atoms with Gasteiger partial charge in [-0.3, -0.25) is 4.79 Å². The van der Waals surface area contributed by atoms with Crippen LogP contribution in [0.15, 0.2) is 48.0 Å². The molecule has 2 N–H and O–H groups in total. The molecule has 1 aliphatic rings. The van der Waals surface area contributed by atoms with Crippen LogP contribution in [-0.4, -0.2) is 66.0 Å². The number of nitrogens with zero attached hydrogens (tertiary/aromatic N) is 2. The Hall–Kier alpha value is -2.15. The van der Waals surface area contributed by atoms with Gasteiger partial charge in [0, 0.05) is 60.6 Å². The number of likely N-dealkylation sites (N-methyl/N-ethyl adjacent to an activating group) is 1. The number of amides is 1. The fourth-order valence-corrected chi connectivity index (χ4v) is 5.02. The molecule has 5 nitrogen and oxygen atoms in total. The van der Waals surface area contributed by atoms with E-state index in [4.69, 9.17) is 0 Å². The fourth-order valence-electron chi connectivity index (χ4n) is 4.18. The van der Waals surface area contributed by atoms with Crippen LogP contribution in [0.3, 0.4) is 0 Å². The first-order valence-corrected chi connectivity index (χ1v) is 11.4. The van der Waals surface area contributed by atoms with Crippen LogP contribution in [0.2, 0.25) is 0 Å². The van der Waals surface area contributed by atoms with Gasteiger partial charge in [0.05, 0.1) is 6.04 Å². The van der Waals surface area contributed by atoms with Gasteiger partial charge in [0.25, 0.3) is 0 Å². The van der Waals surface area contributed by atoms with Crippen molar-refractivity contribution >= 4 is 28.1 Å². The van der Waals surface area contributed by atoms with Crippen LogP contribution in [-0.2, 0) is 4.79 Å². The quantitative estimate of drug-likeness (QED) is 0.627.